The van der Waals surface area contributed by atoms with Gasteiger partial charge in [0.15, 0.2) is 0 Å². The average Bonchev–Trinajstić information content (AvgIpc) is 2.89. The first-order chi connectivity index (χ1) is 8.31. The maximum Gasteiger partial charge on any atom is 0.270 e. The van der Waals surface area contributed by atoms with Crippen molar-refractivity contribution in [2.45, 2.75) is 19.8 Å². The molecule has 1 atom stereocenters. The van der Waals surface area contributed by atoms with E-state index in [1.54, 1.807) is 6.20 Å². The third kappa shape index (κ3) is 3.03. The van der Waals surface area contributed by atoms with Gasteiger partial charge in [-0.05, 0) is 24.5 Å². The molecule has 2 heterocycles. The van der Waals surface area contributed by atoms with Crippen molar-refractivity contribution in [2.24, 2.45) is 5.92 Å². The van der Waals surface area contributed by atoms with E-state index >= 15 is 0 Å². The van der Waals surface area contributed by atoms with Crippen LogP contribution in [0.3, 0.4) is 0 Å². The van der Waals surface area contributed by atoms with E-state index in [2.05, 4.69) is 10.3 Å². The zero-order valence-electron chi connectivity index (χ0n) is 10.1. The van der Waals surface area contributed by atoms with E-state index in [4.69, 9.17) is 4.74 Å². The van der Waals surface area contributed by atoms with E-state index in [0.29, 0.717) is 18.2 Å². The molecule has 2 rings (SSSR count). The lowest BCUT2D eigenvalue weighted by Gasteiger charge is -2.10. The smallest absolute Gasteiger partial charge is 0.270 e. The molecule has 0 saturated carbocycles. The molecular formula is C13H18N2O2. The number of rotatable bonds is 4. The van der Waals surface area contributed by atoms with Crippen LogP contribution in [0.4, 0.5) is 0 Å². The van der Waals surface area contributed by atoms with Crippen molar-refractivity contribution in [3.63, 3.8) is 0 Å². The Hall–Kier alpha value is -1.42. The normalized spacial score (nSPS) is 19.2. The molecule has 0 radical (unpaired) electrons. The highest BCUT2D eigenvalue weighted by Gasteiger charge is 2.18. The maximum atomic E-state index is 12.0. The molecule has 1 N–H and O–H groups in total. The third-order valence-corrected chi connectivity index (χ3v) is 3.06. The van der Waals surface area contributed by atoms with Gasteiger partial charge in [-0.15, -0.1) is 0 Å². The molecule has 17 heavy (non-hydrogen) atoms. The Morgan fingerprint density at radius 1 is 1.65 bits per heavy atom. The molecular weight excluding hydrogens is 216 g/mol. The van der Waals surface area contributed by atoms with Gasteiger partial charge in [-0.3, -0.25) is 9.78 Å². The van der Waals surface area contributed by atoms with Crippen molar-refractivity contribution >= 4 is 5.91 Å². The van der Waals surface area contributed by atoms with Crippen molar-refractivity contribution in [1.82, 2.24) is 10.3 Å². The van der Waals surface area contributed by atoms with Crippen molar-refractivity contribution < 1.29 is 9.53 Å². The van der Waals surface area contributed by atoms with Crippen LogP contribution in [0.2, 0.25) is 0 Å². The van der Waals surface area contributed by atoms with E-state index in [1.807, 2.05) is 19.1 Å². The van der Waals surface area contributed by atoms with Gasteiger partial charge in [-0.25, -0.2) is 0 Å². The van der Waals surface area contributed by atoms with Crippen LogP contribution >= 0.6 is 0 Å². The van der Waals surface area contributed by atoms with Gasteiger partial charge in [0, 0.05) is 25.3 Å². The van der Waals surface area contributed by atoms with Crippen molar-refractivity contribution in [1.29, 1.82) is 0 Å². The summed E-state index contributed by atoms with van der Waals surface area (Å²) in [4.78, 5) is 16.1. The Balaban J connectivity index is 1.94. The van der Waals surface area contributed by atoms with Gasteiger partial charge >= 0.3 is 0 Å². The third-order valence-electron chi connectivity index (χ3n) is 3.06. The molecule has 0 unspecified atom stereocenters. The minimum Gasteiger partial charge on any atom is -0.381 e. The minimum atomic E-state index is -0.0747. The number of ether oxygens (including phenoxy) is 1. The highest BCUT2D eigenvalue weighted by atomic mass is 16.5. The second kappa shape index (κ2) is 5.77. The predicted octanol–water partition coefficient (Wildman–Crippen LogP) is 1.41. The highest BCUT2D eigenvalue weighted by Crippen LogP contribution is 2.11. The fourth-order valence-electron chi connectivity index (χ4n) is 1.99. The number of aryl methyl sites for hydroxylation is 1. The lowest BCUT2D eigenvalue weighted by molar-refractivity contribution is 0.0939. The maximum absolute atomic E-state index is 12.0. The summed E-state index contributed by atoms with van der Waals surface area (Å²) in [5.74, 6) is 0.377. The number of hydrogen-bond donors (Lipinski definition) is 1. The molecule has 0 aromatic carbocycles. The monoisotopic (exact) mass is 234 g/mol. The number of carbonyl (C=O) groups excluding carboxylic acids is 1. The van der Waals surface area contributed by atoms with Gasteiger partial charge in [0.2, 0.25) is 0 Å². The second-order valence-corrected chi connectivity index (χ2v) is 4.30. The van der Waals surface area contributed by atoms with Crippen LogP contribution in [0.15, 0.2) is 18.3 Å². The predicted molar refractivity (Wildman–Crippen MR) is 64.9 cm³/mol. The second-order valence-electron chi connectivity index (χ2n) is 4.30. The Labute approximate surface area is 101 Å². The Bertz CT molecular complexity index is 387. The van der Waals surface area contributed by atoms with Crippen LogP contribution in [0.5, 0.6) is 0 Å². The zero-order chi connectivity index (χ0) is 12.1. The highest BCUT2D eigenvalue weighted by molar-refractivity contribution is 5.93. The molecule has 1 aromatic heterocycles. The first-order valence-electron chi connectivity index (χ1n) is 6.11. The van der Waals surface area contributed by atoms with E-state index in [9.17, 15) is 4.79 Å². The summed E-state index contributed by atoms with van der Waals surface area (Å²) in [6.07, 6.45) is 3.51. The number of carbonyl (C=O) groups is 1. The van der Waals surface area contributed by atoms with Gasteiger partial charge < -0.3 is 10.1 Å². The molecule has 0 aliphatic carbocycles. The summed E-state index contributed by atoms with van der Waals surface area (Å²) in [5, 5.41) is 2.93. The number of aromatic nitrogens is 1. The minimum absolute atomic E-state index is 0.0747. The summed E-state index contributed by atoms with van der Waals surface area (Å²) < 4.78 is 5.27. The molecule has 4 nitrogen and oxygen atoms in total. The van der Waals surface area contributed by atoms with Gasteiger partial charge in [0.05, 0.1) is 6.61 Å². The fraction of sp³-hybridized carbons (Fsp3) is 0.538. The molecule has 92 valence electrons. The molecule has 4 heteroatoms. The number of hydrogen-bond acceptors (Lipinski definition) is 3. The molecule has 1 fully saturated rings. The Morgan fingerprint density at radius 3 is 3.24 bits per heavy atom. The van der Waals surface area contributed by atoms with Gasteiger partial charge in [0.25, 0.3) is 5.91 Å². The lowest BCUT2D eigenvalue weighted by atomic mass is 10.1. The molecule has 0 bridgehead atoms. The van der Waals surface area contributed by atoms with Crippen LogP contribution in [-0.4, -0.2) is 30.6 Å². The van der Waals surface area contributed by atoms with E-state index in [0.717, 1.165) is 31.6 Å². The van der Waals surface area contributed by atoms with E-state index < -0.39 is 0 Å². The number of amides is 1. The SMILES string of the molecule is CCc1cccnc1C(=O)NC[C@@H]1CCOC1. The number of nitrogens with zero attached hydrogens (tertiary/aromatic N) is 1. The molecule has 1 amide bonds. The summed E-state index contributed by atoms with van der Waals surface area (Å²) in [6.45, 7) is 4.27. The Morgan fingerprint density at radius 2 is 2.53 bits per heavy atom. The lowest BCUT2D eigenvalue weighted by Crippen LogP contribution is -2.30. The van der Waals surface area contributed by atoms with Crippen LogP contribution in [0, 0.1) is 5.92 Å². The van der Waals surface area contributed by atoms with Crippen LogP contribution in [0.1, 0.15) is 29.4 Å². The largest absolute Gasteiger partial charge is 0.381 e. The Kier molecular flexibility index (Phi) is 4.09. The molecule has 1 aromatic rings. The first kappa shape index (κ1) is 12.0. The number of nitrogens with one attached hydrogen (secondary N) is 1. The standard InChI is InChI=1S/C13H18N2O2/c1-2-11-4-3-6-14-12(11)13(16)15-8-10-5-7-17-9-10/h3-4,6,10H,2,5,7-9H2,1H3,(H,15,16)/t10-/m0/s1. The fourth-order valence-corrected chi connectivity index (χ4v) is 1.99. The number of pyridine rings is 1. The molecule has 1 aliphatic heterocycles. The summed E-state index contributed by atoms with van der Waals surface area (Å²) in [7, 11) is 0. The molecule has 0 spiro atoms. The van der Waals surface area contributed by atoms with Gasteiger partial charge in [-0.1, -0.05) is 13.0 Å². The first-order valence-corrected chi connectivity index (χ1v) is 6.11. The average molecular weight is 234 g/mol. The summed E-state index contributed by atoms with van der Waals surface area (Å²) in [5.41, 5.74) is 1.54. The summed E-state index contributed by atoms with van der Waals surface area (Å²) in [6, 6.07) is 3.81. The quantitative estimate of drug-likeness (QED) is 0.857. The topological polar surface area (TPSA) is 51.2 Å². The van der Waals surface area contributed by atoms with Gasteiger partial charge in [-0.2, -0.15) is 0 Å². The summed E-state index contributed by atoms with van der Waals surface area (Å²) >= 11 is 0. The van der Waals surface area contributed by atoms with E-state index in [-0.39, 0.29) is 5.91 Å². The zero-order valence-corrected chi connectivity index (χ0v) is 10.1. The molecule has 1 saturated heterocycles. The van der Waals surface area contributed by atoms with Crippen molar-refractivity contribution in [3.05, 3.63) is 29.6 Å². The van der Waals surface area contributed by atoms with Crippen molar-refractivity contribution in [2.75, 3.05) is 19.8 Å². The molecule has 1 aliphatic rings. The van der Waals surface area contributed by atoms with Crippen LogP contribution < -0.4 is 5.32 Å². The van der Waals surface area contributed by atoms with Crippen LogP contribution in [0.25, 0.3) is 0 Å². The van der Waals surface area contributed by atoms with Gasteiger partial charge in [0.1, 0.15) is 5.69 Å². The van der Waals surface area contributed by atoms with Crippen molar-refractivity contribution in [3.8, 4) is 0 Å². The van der Waals surface area contributed by atoms with Crippen LogP contribution in [-0.2, 0) is 11.2 Å². The van der Waals surface area contributed by atoms with E-state index in [1.165, 1.54) is 0 Å².